The molecule has 1 fully saturated rings. The SMILES string of the molecule is COc1ccc(CNC(=O)N2CCN(Cc3csc(-c4ccc(Cl)cc4)n3)CC2)cc1OC. The van der Waals surface area contributed by atoms with E-state index in [-0.39, 0.29) is 6.03 Å². The molecule has 0 aliphatic carbocycles. The molecular weight excluding hydrogens is 460 g/mol. The molecule has 174 valence electrons. The molecule has 4 rings (SSSR count). The summed E-state index contributed by atoms with van der Waals surface area (Å²) in [5.41, 5.74) is 3.09. The molecule has 0 bridgehead atoms. The van der Waals surface area contributed by atoms with Crippen LogP contribution in [0.15, 0.2) is 47.8 Å². The quantitative estimate of drug-likeness (QED) is 0.532. The average molecular weight is 487 g/mol. The van der Waals surface area contributed by atoms with Crippen LogP contribution in [-0.4, -0.2) is 61.2 Å². The third kappa shape index (κ3) is 5.96. The van der Waals surface area contributed by atoms with Crippen LogP contribution < -0.4 is 14.8 Å². The second kappa shape index (κ2) is 10.9. The minimum absolute atomic E-state index is 0.0527. The van der Waals surface area contributed by atoms with Gasteiger partial charge in [0, 0.05) is 55.2 Å². The van der Waals surface area contributed by atoms with Gasteiger partial charge in [0.05, 0.1) is 19.9 Å². The molecule has 7 nitrogen and oxygen atoms in total. The zero-order valence-electron chi connectivity index (χ0n) is 18.7. The Bertz CT molecular complexity index is 1080. The van der Waals surface area contributed by atoms with Crippen molar-refractivity contribution in [2.24, 2.45) is 0 Å². The van der Waals surface area contributed by atoms with E-state index in [0.29, 0.717) is 31.1 Å². The first-order valence-electron chi connectivity index (χ1n) is 10.7. The van der Waals surface area contributed by atoms with E-state index in [0.717, 1.165) is 46.5 Å². The number of thiazole rings is 1. The first-order valence-corrected chi connectivity index (χ1v) is 12.0. The Balaban J connectivity index is 1.24. The number of methoxy groups -OCH3 is 2. The molecule has 0 spiro atoms. The lowest BCUT2D eigenvalue weighted by atomic mass is 10.2. The molecule has 2 amide bonds. The van der Waals surface area contributed by atoms with Gasteiger partial charge in [-0.25, -0.2) is 9.78 Å². The van der Waals surface area contributed by atoms with Crippen molar-refractivity contribution in [3.63, 3.8) is 0 Å². The third-order valence-electron chi connectivity index (χ3n) is 5.58. The maximum atomic E-state index is 12.6. The normalized spacial score (nSPS) is 14.2. The van der Waals surface area contributed by atoms with Gasteiger partial charge in [0.15, 0.2) is 11.5 Å². The molecule has 33 heavy (non-hydrogen) atoms. The summed E-state index contributed by atoms with van der Waals surface area (Å²) >= 11 is 7.62. The number of nitrogens with one attached hydrogen (secondary N) is 1. The minimum Gasteiger partial charge on any atom is -0.493 e. The number of urea groups is 1. The van der Waals surface area contributed by atoms with E-state index in [4.69, 9.17) is 26.1 Å². The third-order valence-corrected chi connectivity index (χ3v) is 6.77. The van der Waals surface area contributed by atoms with Gasteiger partial charge in [-0.1, -0.05) is 29.8 Å². The Morgan fingerprint density at radius 3 is 2.48 bits per heavy atom. The summed E-state index contributed by atoms with van der Waals surface area (Å²) in [7, 11) is 3.20. The summed E-state index contributed by atoms with van der Waals surface area (Å²) in [6.07, 6.45) is 0. The Kier molecular flexibility index (Phi) is 7.69. The summed E-state index contributed by atoms with van der Waals surface area (Å²) in [5.74, 6) is 1.32. The molecule has 2 heterocycles. The van der Waals surface area contributed by atoms with Gasteiger partial charge in [-0.2, -0.15) is 0 Å². The second-order valence-electron chi connectivity index (χ2n) is 7.76. The lowest BCUT2D eigenvalue weighted by Crippen LogP contribution is -2.51. The zero-order chi connectivity index (χ0) is 23.2. The van der Waals surface area contributed by atoms with E-state index in [1.165, 1.54) is 0 Å². The Labute approximate surface area is 202 Å². The summed E-state index contributed by atoms with van der Waals surface area (Å²) in [6.45, 7) is 4.23. The van der Waals surface area contributed by atoms with Crippen LogP contribution >= 0.6 is 22.9 Å². The van der Waals surface area contributed by atoms with Crippen LogP contribution in [-0.2, 0) is 13.1 Å². The van der Waals surface area contributed by atoms with Crippen molar-refractivity contribution in [3.05, 3.63) is 64.1 Å². The monoisotopic (exact) mass is 486 g/mol. The van der Waals surface area contributed by atoms with Crippen molar-refractivity contribution >= 4 is 29.0 Å². The molecule has 2 aromatic carbocycles. The van der Waals surface area contributed by atoms with Gasteiger partial charge < -0.3 is 19.7 Å². The van der Waals surface area contributed by atoms with E-state index in [1.807, 2.05) is 47.4 Å². The van der Waals surface area contributed by atoms with Crippen LogP contribution in [0.2, 0.25) is 5.02 Å². The second-order valence-corrected chi connectivity index (χ2v) is 9.06. The van der Waals surface area contributed by atoms with Crippen molar-refractivity contribution < 1.29 is 14.3 Å². The van der Waals surface area contributed by atoms with Gasteiger partial charge in [-0.3, -0.25) is 4.90 Å². The number of aromatic nitrogens is 1. The number of piperazine rings is 1. The number of halogens is 1. The molecule has 0 radical (unpaired) electrons. The number of carbonyl (C=O) groups excluding carboxylic acids is 1. The first kappa shape index (κ1) is 23.4. The molecule has 0 atom stereocenters. The number of ether oxygens (including phenoxy) is 2. The fraction of sp³-hybridized carbons (Fsp3) is 0.333. The largest absolute Gasteiger partial charge is 0.493 e. The highest BCUT2D eigenvalue weighted by Gasteiger charge is 2.21. The molecular formula is C24H27ClN4O3S. The highest BCUT2D eigenvalue weighted by Crippen LogP contribution is 2.28. The van der Waals surface area contributed by atoms with Crippen LogP contribution in [0.5, 0.6) is 11.5 Å². The van der Waals surface area contributed by atoms with E-state index in [9.17, 15) is 4.79 Å². The summed E-state index contributed by atoms with van der Waals surface area (Å²) < 4.78 is 10.6. The van der Waals surface area contributed by atoms with Crippen molar-refractivity contribution in [1.82, 2.24) is 20.1 Å². The fourth-order valence-corrected chi connectivity index (χ4v) is 4.67. The molecule has 0 unspecified atom stereocenters. The zero-order valence-corrected chi connectivity index (χ0v) is 20.3. The molecule has 3 aromatic rings. The Morgan fingerprint density at radius 2 is 1.79 bits per heavy atom. The Morgan fingerprint density at radius 1 is 1.06 bits per heavy atom. The number of amides is 2. The number of rotatable bonds is 7. The number of hydrogen-bond donors (Lipinski definition) is 1. The maximum Gasteiger partial charge on any atom is 0.317 e. The van der Waals surface area contributed by atoms with Crippen LogP contribution in [0.3, 0.4) is 0 Å². The van der Waals surface area contributed by atoms with Crippen LogP contribution in [0, 0.1) is 0 Å². The maximum absolute atomic E-state index is 12.6. The van der Waals surface area contributed by atoms with E-state index < -0.39 is 0 Å². The van der Waals surface area contributed by atoms with Gasteiger partial charge in [0.2, 0.25) is 0 Å². The molecule has 0 saturated carbocycles. The van der Waals surface area contributed by atoms with Crippen molar-refractivity contribution in [2.75, 3.05) is 40.4 Å². The summed E-state index contributed by atoms with van der Waals surface area (Å²) in [5, 5.41) is 6.82. The fourth-order valence-electron chi connectivity index (χ4n) is 3.72. The number of nitrogens with zero attached hydrogens (tertiary/aromatic N) is 3. The summed E-state index contributed by atoms with van der Waals surface area (Å²) in [4.78, 5) is 21.6. The highest BCUT2D eigenvalue weighted by molar-refractivity contribution is 7.13. The van der Waals surface area contributed by atoms with Crippen molar-refractivity contribution in [1.29, 1.82) is 0 Å². The summed E-state index contributed by atoms with van der Waals surface area (Å²) in [6, 6.07) is 13.3. The predicted octanol–water partition coefficient (Wildman–Crippen LogP) is 4.51. The Hall–Kier alpha value is -2.81. The van der Waals surface area contributed by atoms with Crippen molar-refractivity contribution in [2.45, 2.75) is 13.1 Å². The van der Waals surface area contributed by atoms with Gasteiger partial charge in [0.25, 0.3) is 0 Å². The lowest BCUT2D eigenvalue weighted by Gasteiger charge is -2.34. The van der Waals surface area contributed by atoms with E-state index >= 15 is 0 Å². The minimum atomic E-state index is -0.0527. The van der Waals surface area contributed by atoms with Crippen LogP contribution in [0.25, 0.3) is 10.6 Å². The van der Waals surface area contributed by atoms with E-state index in [2.05, 4.69) is 15.6 Å². The smallest absolute Gasteiger partial charge is 0.317 e. The highest BCUT2D eigenvalue weighted by atomic mass is 35.5. The van der Waals surface area contributed by atoms with Gasteiger partial charge in [-0.05, 0) is 29.8 Å². The van der Waals surface area contributed by atoms with Crippen LogP contribution in [0.4, 0.5) is 4.79 Å². The molecule has 1 saturated heterocycles. The number of carbonyl (C=O) groups is 1. The van der Waals surface area contributed by atoms with Gasteiger partial charge in [-0.15, -0.1) is 11.3 Å². The van der Waals surface area contributed by atoms with Crippen LogP contribution in [0.1, 0.15) is 11.3 Å². The lowest BCUT2D eigenvalue weighted by molar-refractivity contribution is 0.134. The first-order chi connectivity index (χ1) is 16.1. The molecule has 1 aliphatic rings. The molecule has 1 aromatic heterocycles. The molecule has 1 N–H and O–H groups in total. The van der Waals surface area contributed by atoms with Gasteiger partial charge in [0.1, 0.15) is 5.01 Å². The van der Waals surface area contributed by atoms with Crippen molar-refractivity contribution in [3.8, 4) is 22.1 Å². The topological polar surface area (TPSA) is 66.9 Å². The standard InChI is InChI=1S/C24H27ClN4O3S/c1-31-21-8-3-17(13-22(21)32-2)14-26-24(30)29-11-9-28(10-12-29)15-20-16-33-23(27-20)18-4-6-19(25)7-5-18/h3-8,13,16H,9-12,14-15H2,1-2H3,(H,26,30). The van der Waals surface area contributed by atoms with Gasteiger partial charge >= 0.3 is 6.03 Å². The number of hydrogen-bond acceptors (Lipinski definition) is 6. The van der Waals surface area contributed by atoms with E-state index in [1.54, 1.807) is 25.6 Å². The predicted molar refractivity (Wildman–Crippen MR) is 131 cm³/mol. The number of benzene rings is 2. The molecule has 9 heteroatoms. The molecule has 1 aliphatic heterocycles. The average Bonchev–Trinajstić information content (AvgIpc) is 3.31.